The van der Waals surface area contributed by atoms with Crippen molar-refractivity contribution in [2.24, 2.45) is 0 Å². The number of hydrogen-bond acceptors (Lipinski definition) is 6. The molecular weight excluding hydrogens is 356 g/mol. The number of nitrogens with zero attached hydrogens (tertiary/aromatic N) is 3. The van der Waals surface area contributed by atoms with E-state index in [0.717, 1.165) is 44.6 Å². The Morgan fingerprint density at radius 1 is 1.11 bits per heavy atom. The monoisotopic (exact) mass is 382 g/mol. The van der Waals surface area contributed by atoms with E-state index in [-0.39, 0.29) is 5.91 Å². The maximum atomic E-state index is 12.4. The van der Waals surface area contributed by atoms with Gasteiger partial charge in [0.05, 0.1) is 13.2 Å². The molecule has 0 atom stereocenters. The molecule has 0 saturated carbocycles. The van der Waals surface area contributed by atoms with Crippen LogP contribution < -0.4 is 10.2 Å². The Hall–Kier alpha value is -2.51. The van der Waals surface area contributed by atoms with Gasteiger partial charge in [-0.3, -0.25) is 4.79 Å². The minimum absolute atomic E-state index is 0.160. The number of hydrogen-bond donors (Lipinski definition) is 1. The average Bonchev–Trinajstić information content (AvgIpc) is 3.20. The molecule has 1 aromatic carbocycles. The summed E-state index contributed by atoms with van der Waals surface area (Å²) in [6.07, 6.45) is 4.90. The van der Waals surface area contributed by atoms with Crippen molar-refractivity contribution in [3.05, 3.63) is 54.0 Å². The van der Waals surface area contributed by atoms with Crippen molar-refractivity contribution in [3.8, 4) is 0 Å². The molecule has 2 aliphatic rings. The van der Waals surface area contributed by atoms with Crippen LogP contribution in [0, 0.1) is 0 Å². The quantitative estimate of drug-likeness (QED) is 0.772. The van der Waals surface area contributed by atoms with Gasteiger partial charge in [0, 0.05) is 38.5 Å². The van der Waals surface area contributed by atoms with Crippen molar-refractivity contribution in [1.29, 1.82) is 0 Å². The molecule has 1 spiro atoms. The third-order valence-corrected chi connectivity index (χ3v) is 5.32. The largest absolute Gasteiger partial charge is 0.356 e. The van der Waals surface area contributed by atoms with Gasteiger partial charge in [-0.2, -0.15) is 0 Å². The van der Waals surface area contributed by atoms with Crippen molar-refractivity contribution < 1.29 is 14.3 Å². The van der Waals surface area contributed by atoms with Gasteiger partial charge in [-0.1, -0.05) is 30.3 Å². The third kappa shape index (κ3) is 4.48. The van der Waals surface area contributed by atoms with Crippen LogP contribution in [0.5, 0.6) is 0 Å². The van der Waals surface area contributed by atoms with Crippen LogP contribution in [0.2, 0.25) is 0 Å². The summed E-state index contributed by atoms with van der Waals surface area (Å²) >= 11 is 0. The number of carbonyl (C=O) groups excluding carboxylic acids is 1. The maximum absolute atomic E-state index is 12.4. The topological polar surface area (TPSA) is 76.6 Å². The van der Waals surface area contributed by atoms with Gasteiger partial charge in [-0.25, -0.2) is 9.97 Å². The Kier molecular flexibility index (Phi) is 5.83. The smallest absolute Gasteiger partial charge is 0.270 e. The zero-order valence-electron chi connectivity index (χ0n) is 16.0. The SMILES string of the molecule is O=C(NCCCc1ccccc1)c1cc(N2CCC3(CC2)OCCO3)ncn1. The van der Waals surface area contributed by atoms with Gasteiger partial charge in [0.15, 0.2) is 5.79 Å². The van der Waals surface area contributed by atoms with Gasteiger partial charge in [0.1, 0.15) is 17.8 Å². The van der Waals surface area contributed by atoms with Gasteiger partial charge in [0.2, 0.25) is 0 Å². The van der Waals surface area contributed by atoms with E-state index in [2.05, 4.69) is 32.3 Å². The number of ether oxygens (including phenoxy) is 2. The molecule has 3 heterocycles. The summed E-state index contributed by atoms with van der Waals surface area (Å²) in [6.45, 7) is 3.53. The molecule has 1 aromatic heterocycles. The predicted molar refractivity (Wildman–Crippen MR) is 105 cm³/mol. The Labute approximate surface area is 165 Å². The number of aryl methyl sites for hydroxylation is 1. The van der Waals surface area contributed by atoms with E-state index < -0.39 is 5.79 Å². The van der Waals surface area contributed by atoms with Gasteiger partial charge in [0.25, 0.3) is 5.91 Å². The van der Waals surface area contributed by atoms with Crippen molar-refractivity contribution in [1.82, 2.24) is 15.3 Å². The molecule has 1 amide bonds. The third-order valence-electron chi connectivity index (χ3n) is 5.32. The Morgan fingerprint density at radius 3 is 2.61 bits per heavy atom. The second-order valence-electron chi connectivity index (χ2n) is 7.20. The molecule has 4 rings (SSSR count). The first-order valence-electron chi connectivity index (χ1n) is 9.91. The first-order chi connectivity index (χ1) is 13.7. The molecule has 2 aliphatic heterocycles. The second-order valence-corrected chi connectivity index (χ2v) is 7.20. The van der Waals surface area contributed by atoms with Crippen LogP contribution in [0.4, 0.5) is 5.82 Å². The zero-order chi connectivity index (χ0) is 19.2. The summed E-state index contributed by atoms with van der Waals surface area (Å²) in [4.78, 5) is 23.1. The van der Waals surface area contributed by atoms with Gasteiger partial charge >= 0.3 is 0 Å². The highest BCUT2D eigenvalue weighted by molar-refractivity contribution is 5.92. The number of aromatic nitrogens is 2. The summed E-state index contributed by atoms with van der Waals surface area (Å²) in [6, 6.07) is 12.0. The Morgan fingerprint density at radius 2 is 1.86 bits per heavy atom. The highest BCUT2D eigenvalue weighted by Gasteiger charge is 2.40. The van der Waals surface area contributed by atoms with Crippen LogP contribution in [0.1, 0.15) is 35.3 Å². The first kappa shape index (κ1) is 18.8. The standard InChI is InChI=1S/C21H26N4O3/c26-20(22-10-4-7-17-5-2-1-3-6-17)18-15-19(24-16-23-18)25-11-8-21(9-12-25)27-13-14-28-21/h1-3,5-6,15-16H,4,7-14H2,(H,22,26). The first-order valence-corrected chi connectivity index (χ1v) is 9.91. The van der Waals surface area contributed by atoms with E-state index in [9.17, 15) is 4.79 Å². The lowest BCUT2D eigenvalue weighted by molar-refractivity contribution is -0.169. The van der Waals surface area contributed by atoms with E-state index in [1.807, 2.05) is 18.2 Å². The molecule has 0 bridgehead atoms. The lowest BCUT2D eigenvalue weighted by Crippen LogP contribution is -2.45. The Bertz CT molecular complexity index is 783. The van der Waals surface area contributed by atoms with Gasteiger partial charge in [-0.15, -0.1) is 0 Å². The summed E-state index contributed by atoms with van der Waals surface area (Å²) < 4.78 is 11.5. The van der Waals surface area contributed by atoms with E-state index in [4.69, 9.17) is 9.47 Å². The molecule has 2 fully saturated rings. The van der Waals surface area contributed by atoms with Crippen molar-refractivity contribution in [3.63, 3.8) is 0 Å². The van der Waals surface area contributed by atoms with Gasteiger partial charge < -0.3 is 19.7 Å². The van der Waals surface area contributed by atoms with Gasteiger partial charge in [-0.05, 0) is 18.4 Å². The summed E-state index contributed by atoms with van der Waals surface area (Å²) in [5, 5.41) is 2.95. The molecule has 148 valence electrons. The molecule has 7 heteroatoms. The zero-order valence-corrected chi connectivity index (χ0v) is 16.0. The van der Waals surface area contributed by atoms with E-state index in [0.29, 0.717) is 25.5 Å². The fourth-order valence-electron chi connectivity index (χ4n) is 3.74. The lowest BCUT2D eigenvalue weighted by atomic mass is 10.0. The summed E-state index contributed by atoms with van der Waals surface area (Å²) in [7, 11) is 0. The molecule has 0 aliphatic carbocycles. The van der Waals surface area contributed by atoms with Crippen LogP contribution in [0.3, 0.4) is 0 Å². The van der Waals surface area contributed by atoms with Crippen molar-refractivity contribution in [2.75, 3.05) is 37.7 Å². The average molecular weight is 382 g/mol. The minimum atomic E-state index is -0.414. The van der Waals surface area contributed by atoms with Crippen LogP contribution in [-0.4, -0.2) is 54.5 Å². The van der Waals surface area contributed by atoms with Crippen LogP contribution in [0.25, 0.3) is 0 Å². The minimum Gasteiger partial charge on any atom is -0.356 e. The van der Waals surface area contributed by atoms with Crippen LogP contribution in [0.15, 0.2) is 42.7 Å². The number of benzene rings is 1. The lowest BCUT2D eigenvalue weighted by Gasteiger charge is -2.38. The molecule has 28 heavy (non-hydrogen) atoms. The summed E-state index contributed by atoms with van der Waals surface area (Å²) in [5.41, 5.74) is 1.68. The number of piperidine rings is 1. The number of amides is 1. The molecule has 1 N–H and O–H groups in total. The molecular formula is C21H26N4O3. The molecule has 2 aromatic rings. The maximum Gasteiger partial charge on any atom is 0.270 e. The van der Waals surface area contributed by atoms with Crippen molar-refractivity contribution in [2.45, 2.75) is 31.5 Å². The molecule has 7 nitrogen and oxygen atoms in total. The number of anilines is 1. The second kappa shape index (κ2) is 8.67. The normalized spacial score (nSPS) is 18.4. The van der Waals surface area contributed by atoms with Crippen LogP contribution in [-0.2, 0) is 15.9 Å². The highest BCUT2D eigenvalue weighted by Crippen LogP contribution is 2.32. The number of nitrogens with one attached hydrogen (secondary N) is 1. The van der Waals surface area contributed by atoms with E-state index in [1.54, 1.807) is 6.07 Å². The number of carbonyl (C=O) groups is 1. The Balaban J connectivity index is 1.27. The fourth-order valence-corrected chi connectivity index (χ4v) is 3.74. The van der Waals surface area contributed by atoms with Crippen molar-refractivity contribution >= 4 is 11.7 Å². The highest BCUT2D eigenvalue weighted by atomic mass is 16.7. The van der Waals surface area contributed by atoms with E-state index >= 15 is 0 Å². The predicted octanol–water partition coefficient (Wildman–Crippen LogP) is 2.18. The van der Waals surface area contributed by atoms with Crippen LogP contribution >= 0.6 is 0 Å². The molecule has 0 radical (unpaired) electrons. The molecule has 0 unspecified atom stereocenters. The van der Waals surface area contributed by atoms with E-state index in [1.165, 1.54) is 11.9 Å². The molecule has 2 saturated heterocycles. The number of rotatable bonds is 6. The fraction of sp³-hybridized carbons (Fsp3) is 0.476. The summed E-state index contributed by atoms with van der Waals surface area (Å²) in [5.74, 6) is 0.201.